The Morgan fingerprint density at radius 1 is 1.50 bits per heavy atom. The highest BCUT2D eigenvalue weighted by atomic mass is 19.1. The lowest BCUT2D eigenvalue weighted by molar-refractivity contribution is -0.138. The Morgan fingerprint density at radius 2 is 2.17 bits per heavy atom. The van der Waals surface area contributed by atoms with Gasteiger partial charge in [0.25, 0.3) is 0 Å². The lowest BCUT2D eigenvalue weighted by Crippen LogP contribution is -2.19. The molecule has 0 unspecified atom stereocenters. The molecule has 1 fully saturated rings. The van der Waals surface area contributed by atoms with Gasteiger partial charge in [0.2, 0.25) is 0 Å². The SMILES string of the molecule is O=C(O)C[C@@H]1CCOCC[C@H]1F. The van der Waals surface area contributed by atoms with Crippen LogP contribution in [0, 0.1) is 5.92 Å². The summed E-state index contributed by atoms with van der Waals surface area (Å²) in [5.74, 6) is -1.28. The van der Waals surface area contributed by atoms with Crippen LogP contribution < -0.4 is 0 Å². The molecular formula is C8H13FO3. The molecule has 2 atom stereocenters. The third-order valence-corrected chi connectivity index (χ3v) is 2.12. The van der Waals surface area contributed by atoms with Crippen molar-refractivity contribution in [3.63, 3.8) is 0 Å². The molecule has 70 valence electrons. The van der Waals surface area contributed by atoms with Gasteiger partial charge in [0.1, 0.15) is 6.17 Å². The van der Waals surface area contributed by atoms with Crippen LogP contribution in [-0.4, -0.2) is 30.5 Å². The first kappa shape index (κ1) is 9.45. The summed E-state index contributed by atoms with van der Waals surface area (Å²) in [7, 11) is 0. The number of ether oxygens (including phenoxy) is 1. The highest BCUT2D eigenvalue weighted by Crippen LogP contribution is 2.22. The third-order valence-electron chi connectivity index (χ3n) is 2.12. The van der Waals surface area contributed by atoms with Crippen LogP contribution in [0.4, 0.5) is 4.39 Å². The fourth-order valence-electron chi connectivity index (χ4n) is 1.40. The maximum absolute atomic E-state index is 13.1. The van der Waals surface area contributed by atoms with Gasteiger partial charge in [-0.2, -0.15) is 0 Å². The average molecular weight is 176 g/mol. The number of aliphatic carboxylic acids is 1. The summed E-state index contributed by atoms with van der Waals surface area (Å²) < 4.78 is 18.2. The molecule has 0 aromatic rings. The Balaban J connectivity index is 2.41. The molecular weight excluding hydrogens is 163 g/mol. The van der Waals surface area contributed by atoms with E-state index in [4.69, 9.17) is 9.84 Å². The zero-order chi connectivity index (χ0) is 8.97. The van der Waals surface area contributed by atoms with Crippen molar-refractivity contribution in [3.8, 4) is 0 Å². The van der Waals surface area contributed by atoms with Crippen LogP contribution in [0.5, 0.6) is 0 Å². The smallest absolute Gasteiger partial charge is 0.303 e. The molecule has 1 N–H and O–H groups in total. The second-order valence-electron chi connectivity index (χ2n) is 3.06. The van der Waals surface area contributed by atoms with Crippen molar-refractivity contribution in [2.45, 2.75) is 25.4 Å². The van der Waals surface area contributed by atoms with Gasteiger partial charge >= 0.3 is 5.97 Å². The predicted molar refractivity (Wildman–Crippen MR) is 40.7 cm³/mol. The van der Waals surface area contributed by atoms with E-state index < -0.39 is 12.1 Å². The van der Waals surface area contributed by atoms with E-state index in [9.17, 15) is 9.18 Å². The van der Waals surface area contributed by atoms with Crippen LogP contribution in [0.3, 0.4) is 0 Å². The summed E-state index contributed by atoms with van der Waals surface area (Å²) in [6.07, 6.45) is -0.237. The summed E-state index contributed by atoms with van der Waals surface area (Å²) in [6, 6.07) is 0. The van der Waals surface area contributed by atoms with Crippen LogP contribution in [0.2, 0.25) is 0 Å². The second kappa shape index (κ2) is 4.40. The van der Waals surface area contributed by atoms with E-state index in [1.807, 2.05) is 0 Å². The van der Waals surface area contributed by atoms with E-state index >= 15 is 0 Å². The van der Waals surface area contributed by atoms with Gasteiger partial charge in [-0.3, -0.25) is 4.79 Å². The lowest BCUT2D eigenvalue weighted by Gasteiger charge is -2.14. The van der Waals surface area contributed by atoms with Crippen molar-refractivity contribution in [3.05, 3.63) is 0 Å². The summed E-state index contributed by atoms with van der Waals surface area (Å²) >= 11 is 0. The molecule has 0 saturated carbocycles. The van der Waals surface area contributed by atoms with E-state index in [2.05, 4.69) is 0 Å². The Labute approximate surface area is 70.5 Å². The summed E-state index contributed by atoms with van der Waals surface area (Å²) in [6.45, 7) is 0.898. The first-order chi connectivity index (χ1) is 5.70. The fraction of sp³-hybridized carbons (Fsp3) is 0.875. The largest absolute Gasteiger partial charge is 0.481 e. The first-order valence-corrected chi connectivity index (χ1v) is 4.13. The molecule has 0 aromatic heterocycles. The maximum atomic E-state index is 13.1. The normalized spacial score (nSPS) is 31.1. The number of rotatable bonds is 2. The molecule has 4 heteroatoms. The molecule has 0 amide bonds. The molecule has 0 aliphatic carbocycles. The number of hydrogen-bond donors (Lipinski definition) is 1. The van der Waals surface area contributed by atoms with Crippen molar-refractivity contribution in [2.75, 3.05) is 13.2 Å². The number of alkyl halides is 1. The Kier molecular flexibility index (Phi) is 3.47. The monoisotopic (exact) mass is 176 g/mol. The van der Waals surface area contributed by atoms with Gasteiger partial charge in [-0.05, 0) is 6.42 Å². The molecule has 0 bridgehead atoms. The van der Waals surface area contributed by atoms with Gasteiger partial charge in [-0.25, -0.2) is 4.39 Å². The first-order valence-electron chi connectivity index (χ1n) is 4.13. The lowest BCUT2D eigenvalue weighted by atomic mass is 9.95. The molecule has 0 radical (unpaired) electrons. The maximum Gasteiger partial charge on any atom is 0.303 e. The molecule has 1 rings (SSSR count). The highest BCUT2D eigenvalue weighted by Gasteiger charge is 2.25. The Bertz CT molecular complexity index is 160. The van der Waals surface area contributed by atoms with Crippen molar-refractivity contribution in [1.29, 1.82) is 0 Å². The number of halogens is 1. The molecule has 0 spiro atoms. The van der Waals surface area contributed by atoms with Crippen LogP contribution >= 0.6 is 0 Å². The number of carboxylic acids is 1. The van der Waals surface area contributed by atoms with E-state index in [1.54, 1.807) is 0 Å². The van der Waals surface area contributed by atoms with E-state index in [0.717, 1.165) is 0 Å². The number of carboxylic acid groups (broad SMARTS) is 1. The summed E-state index contributed by atoms with van der Waals surface area (Å²) in [4.78, 5) is 10.3. The average Bonchev–Trinajstić information content (AvgIpc) is 2.16. The van der Waals surface area contributed by atoms with Crippen molar-refractivity contribution >= 4 is 5.97 Å². The summed E-state index contributed by atoms with van der Waals surface area (Å²) in [5.41, 5.74) is 0. The van der Waals surface area contributed by atoms with E-state index in [0.29, 0.717) is 26.1 Å². The number of hydrogen-bond acceptors (Lipinski definition) is 2. The van der Waals surface area contributed by atoms with Crippen LogP contribution in [-0.2, 0) is 9.53 Å². The zero-order valence-corrected chi connectivity index (χ0v) is 6.83. The Hall–Kier alpha value is -0.640. The summed E-state index contributed by atoms with van der Waals surface area (Å²) in [5, 5.41) is 8.47. The van der Waals surface area contributed by atoms with Crippen molar-refractivity contribution < 1.29 is 19.0 Å². The number of carbonyl (C=O) groups is 1. The minimum absolute atomic E-state index is 0.0788. The fourth-order valence-corrected chi connectivity index (χ4v) is 1.40. The standard InChI is InChI=1S/C8H13FO3/c9-7-2-4-12-3-1-6(7)5-8(10)11/h6-7H,1-5H2,(H,10,11)/t6-,7+/m0/s1. The molecule has 1 aliphatic rings. The molecule has 0 aromatic carbocycles. The topological polar surface area (TPSA) is 46.5 Å². The molecule has 1 saturated heterocycles. The second-order valence-corrected chi connectivity index (χ2v) is 3.06. The molecule has 1 heterocycles. The van der Waals surface area contributed by atoms with Gasteiger partial charge in [0, 0.05) is 25.6 Å². The van der Waals surface area contributed by atoms with Crippen molar-refractivity contribution in [2.24, 2.45) is 5.92 Å². The van der Waals surface area contributed by atoms with Gasteiger partial charge in [0.15, 0.2) is 0 Å². The predicted octanol–water partition coefficient (Wildman–Crippen LogP) is 1.23. The minimum atomic E-state index is -1.01. The van der Waals surface area contributed by atoms with Gasteiger partial charge in [0.05, 0.1) is 6.42 Å². The zero-order valence-electron chi connectivity index (χ0n) is 6.83. The van der Waals surface area contributed by atoms with Gasteiger partial charge in [-0.15, -0.1) is 0 Å². The van der Waals surface area contributed by atoms with Crippen molar-refractivity contribution in [1.82, 2.24) is 0 Å². The highest BCUT2D eigenvalue weighted by molar-refractivity contribution is 5.67. The van der Waals surface area contributed by atoms with E-state index in [1.165, 1.54) is 0 Å². The molecule has 12 heavy (non-hydrogen) atoms. The quantitative estimate of drug-likeness (QED) is 0.688. The third kappa shape index (κ3) is 2.77. The van der Waals surface area contributed by atoms with Crippen LogP contribution in [0.1, 0.15) is 19.3 Å². The van der Waals surface area contributed by atoms with Gasteiger partial charge < -0.3 is 9.84 Å². The van der Waals surface area contributed by atoms with Crippen LogP contribution in [0.15, 0.2) is 0 Å². The minimum Gasteiger partial charge on any atom is -0.481 e. The van der Waals surface area contributed by atoms with Crippen LogP contribution in [0.25, 0.3) is 0 Å². The Morgan fingerprint density at radius 3 is 2.83 bits per heavy atom. The van der Waals surface area contributed by atoms with Gasteiger partial charge in [-0.1, -0.05) is 0 Å². The van der Waals surface area contributed by atoms with E-state index in [-0.39, 0.29) is 12.3 Å². The molecule has 3 nitrogen and oxygen atoms in total. The molecule has 1 aliphatic heterocycles.